The standard InChI is InChI=1S/C18H18FN3O4/c19-14-7-12-15(8-16(14)21-5-3-20(10-23)4-6-21)22(11-1-2-11)9-13(17(12)24)18(25)26/h7-11H,1-6H2,(H,25,26)/i3D2,4D2,5D2,6D2. The smallest absolute Gasteiger partial charge is 0.341 e. The number of benzene rings is 1. The number of rotatable bonds is 4. The third-order valence-electron chi connectivity index (χ3n) is 4.18. The largest absolute Gasteiger partial charge is 0.477 e. The Morgan fingerprint density at radius 1 is 1.27 bits per heavy atom. The van der Waals surface area contributed by atoms with Crippen LogP contribution in [0.5, 0.6) is 0 Å². The van der Waals surface area contributed by atoms with E-state index in [1.165, 1.54) is 4.57 Å². The molecule has 0 bridgehead atoms. The molecule has 4 rings (SSSR count). The maximum absolute atomic E-state index is 15.3. The molecule has 1 aromatic carbocycles. The number of carboxylic acids is 1. The first-order valence-corrected chi connectivity index (χ1v) is 7.68. The van der Waals surface area contributed by atoms with Crippen LogP contribution in [0.15, 0.2) is 23.1 Å². The Kier molecular flexibility index (Phi) is 2.28. The number of halogens is 1. The van der Waals surface area contributed by atoms with Crippen molar-refractivity contribution in [1.29, 1.82) is 0 Å². The van der Waals surface area contributed by atoms with Crippen molar-refractivity contribution < 1.29 is 30.1 Å². The minimum atomic E-state index is -3.48. The van der Waals surface area contributed by atoms with Gasteiger partial charge in [-0.3, -0.25) is 9.59 Å². The maximum Gasteiger partial charge on any atom is 0.341 e. The van der Waals surface area contributed by atoms with Crippen molar-refractivity contribution >= 4 is 29.0 Å². The molecule has 1 aliphatic heterocycles. The topological polar surface area (TPSA) is 82.8 Å². The number of hydrogen-bond donors (Lipinski definition) is 1. The SMILES string of the molecule is [2H]C1([2H])N(C=O)C([2H])([2H])C([2H])([2H])N(c2cc3c(cc2F)c(=O)c(C(=O)O)cn3C2CC2)C1([2H])[2H]. The lowest BCUT2D eigenvalue weighted by Crippen LogP contribution is -2.46. The van der Waals surface area contributed by atoms with Crippen molar-refractivity contribution in [2.45, 2.75) is 18.9 Å². The number of carbonyl (C=O) groups excluding carboxylic acids is 1. The molecule has 7 nitrogen and oxygen atoms in total. The van der Waals surface area contributed by atoms with Gasteiger partial charge in [-0.05, 0) is 25.0 Å². The lowest BCUT2D eigenvalue weighted by molar-refractivity contribution is -0.118. The van der Waals surface area contributed by atoms with E-state index in [0.717, 1.165) is 12.3 Å². The number of aromatic carboxylic acids is 1. The van der Waals surface area contributed by atoms with Crippen LogP contribution in [-0.4, -0.2) is 52.9 Å². The van der Waals surface area contributed by atoms with E-state index in [9.17, 15) is 19.5 Å². The van der Waals surface area contributed by atoms with Crippen LogP contribution in [0.1, 0.15) is 40.2 Å². The van der Waals surface area contributed by atoms with E-state index in [4.69, 9.17) is 11.0 Å². The summed E-state index contributed by atoms with van der Waals surface area (Å²) in [6.45, 7) is -13.9. The van der Waals surface area contributed by atoms with Gasteiger partial charge in [0.1, 0.15) is 11.4 Å². The summed E-state index contributed by atoms with van der Waals surface area (Å²) >= 11 is 0. The molecule has 1 aromatic heterocycles. The molecule has 1 saturated carbocycles. The number of carbonyl (C=O) groups is 2. The zero-order chi connectivity index (χ0) is 25.6. The normalized spacial score (nSPS) is 29.9. The zero-order valence-corrected chi connectivity index (χ0v) is 13.2. The Labute approximate surface area is 159 Å². The minimum Gasteiger partial charge on any atom is -0.477 e. The van der Waals surface area contributed by atoms with Gasteiger partial charge in [-0.15, -0.1) is 0 Å². The summed E-state index contributed by atoms with van der Waals surface area (Å²) in [5.41, 5.74) is -2.60. The van der Waals surface area contributed by atoms with Gasteiger partial charge in [-0.2, -0.15) is 0 Å². The van der Waals surface area contributed by atoms with E-state index in [1.54, 1.807) is 0 Å². The molecule has 0 radical (unpaired) electrons. The molecule has 8 heteroatoms. The molecule has 2 aromatic rings. The average Bonchev–Trinajstić information content (AvgIpc) is 3.53. The molecule has 1 amide bonds. The fourth-order valence-electron chi connectivity index (χ4n) is 2.77. The van der Waals surface area contributed by atoms with Gasteiger partial charge in [-0.25, -0.2) is 9.18 Å². The van der Waals surface area contributed by atoms with Crippen molar-refractivity contribution in [1.82, 2.24) is 9.47 Å². The van der Waals surface area contributed by atoms with Crippen molar-refractivity contribution in [3.05, 3.63) is 39.9 Å². The number of carboxylic acid groups (broad SMARTS) is 1. The summed E-state index contributed by atoms with van der Waals surface area (Å²) < 4.78 is 82.0. The molecule has 0 atom stereocenters. The number of amides is 1. The van der Waals surface area contributed by atoms with Gasteiger partial charge in [-0.1, -0.05) is 0 Å². The number of fused-ring (bicyclic) bond motifs is 1. The number of nitrogens with zero attached hydrogens (tertiary/aromatic N) is 3. The maximum atomic E-state index is 15.3. The van der Waals surface area contributed by atoms with Gasteiger partial charge in [0.25, 0.3) is 0 Å². The molecule has 0 spiro atoms. The van der Waals surface area contributed by atoms with Crippen molar-refractivity contribution in [3.63, 3.8) is 0 Å². The van der Waals surface area contributed by atoms with E-state index < -0.39 is 54.5 Å². The first-order chi connectivity index (χ1) is 15.5. The van der Waals surface area contributed by atoms with Gasteiger partial charge in [0.2, 0.25) is 11.8 Å². The molecule has 2 fully saturated rings. The zero-order valence-electron chi connectivity index (χ0n) is 21.2. The molecule has 2 aliphatic rings. The van der Waals surface area contributed by atoms with E-state index >= 15 is 4.39 Å². The van der Waals surface area contributed by atoms with Crippen molar-refractivity contribution in [2.75, 3.05) is 30.9 Å². The van der Waals surface area contributed by atoms with Crippen LogP contribution in [0.25, 0.3) is 10.9 Å². The molecule has 1 N–H and O–H groups in total. The highest BCUT2D eigenvalue weighted by Crippen LogP contribution is 2.38. The van der Waals surface area contributed by atoms with Gasteiger partial charge < -0.3 is 19.5 Å². The average molecular weight is 367 g/mol. The number of piperazine rings is 1. The second kappa shape index (κ2) is 6.12. The fourth-order valence-corrected chi connectivity index (χ4v) is 2.77. The van der Waals surface area contributed by atoms with Crippen LogP contribution in [0.4, 0.5) is 10.1 Å². The van der Waals surface area contributed by atoms with E-state index in [2.05, 4.69) is 0 Å². The Hall–Kier alpha value is -2.90. The predicted molar refractivity (Wildman–Crippen MR) is 93.2 cm³/mol. The minimum absolute atomic E-state index is 0.0540. The quantitative estimate of drug-likeness (QED) is 0.827. The summed E-state index contributed by atoms with van der Waals surface area (Å²) in [6.07, 6.45) is 1.91. The van der Waals surface area contributed by atoms with Gasteiger partial charge in [0.15, 0.2) is 0 Å². The van der Waals surface area contributed by atoms with Gasteiger partial charge in [0, 0.05) is 43.6 Å². The lowest BCUT2D eigenvalue weighted by atomic mass is 10.1. The van der Waals surface area contributed by atoms with Gasteiger partial charge in [0.05, 0.1) is 22.2 Å². The number of aromatic nitrogens is 1. The Morgan fingerprint density at radius 2 is 1.96 bits per heavy atom. The van der Waals surface area contributed by atoms with E-state index in [0.29, 0.717) is 18.9 Å². The molecule has 0 unspecified atom stereocenters. The van der Waals surface area contributed by atoms with Crippen LogP contribution in [0, 0.1) is 5.82 Å². The summed E-state index contributed by atoms with van der Waals surface area (Å²) in [5.74, 6) is -2.95. The Bertz CT molecular complexity index is 1270. The fraction of sp³-hybridized carbons (Fsp3) is 0.389. The molecule has 1 saturated heterocycles. The molecular formula is C18H18FN3O4. The second-order valence-corrected chi connectivity index (χ2v) is 5.89. The third kappa shape index (κ3) is 2.71. The predicted octanol–water partition coefficient (Wildman–Crippen LogP) is 1.45. The van der Waals surface area contributed by atoms with Crippen LogP contribution in [0.3, 0.4) is 0 Å². The molecule has 1 aliphatic carbocycles. The van der Waals surface area contributed by atoms with Gasteiger partial charge >= 0.3 is 5.97 Å². The highest BCUT2D eigenvalue weighted by atomic mass is 19.1. The van der Waals surface area contributed by atoms with Crippen LogP contribution < -0.4 is 10.3 Å². The number of hydrogen-bond acceptors (Lipinski definition) is 4. The first kappa shape index (κ1) is 9.70. The first-order valence-electron chi connectivity index (χ1n) is 11.7. The van der Waals surface area contributed by atoms with Crippen LogP contribution in [-0.2, 0) is 4.79 Å². The monoisotopic (exact) mass is 367 g/mol. The number of pyridine rings is 1. The summed E-state index contributed by atoms with van der Waals surface area (Å²) in [6, 6.07) is 1.22. The lowest BCUT2D eigenvalue weighted by Gasteiger charge is -2.34. The molecular weight excluding hydrogens is 341 g/mol. The van der Waals surface area contributed by atoms with E-state index in [-0.39, 0.29) is 33.2 Å². The van der Waals surface area contributed by atoms with Crippen molar-refractivity contribution in [2.24, 2.45) is 0 Å². The Balaban J connectivity index is 2.06. The van der Waals surface area contributed by atoms with E-state index in [1.807, 2.05) is 0 Å². The second-order valence-electron chi connectivity index (χ2n) is 5.89. The van der Waals surface area contributed by atoms with Crippen LogP contribution >= 0.6 is 0 Å². The summed E-state index contributed by atoms with van der Waals surface area (Å²) in [7, 11) is 0. The summed E-state index contributed by atoms with van der Waals surface area (Å²) in [5, 5.41) is 8.98. The molecule has 136 valence electrons. The highest BCUT2D eigenvalue weighted by molar-refractivity contribution is 5.93. The van der Waals surface area contributed by atoms with Crippen LogP contribution in [0.2, 0.25) is 0 Å². The molecule has 2 heterocycles. The Morgan fingerprint density at radius 3 is 2.54 bits per heavy atom. The van der Waals surface area contributed by atoms with Crippen molar-refractivity contribution in [3.8, 4) is 0 Å². The molecule has 26 heavy (non-hydrogen) atoms. The third-order valence-corrected chi connectivity index (χ3v) is 4.18. The highest BCUT2D eigenvalue weighted by Gasteiger charge is 2.28. The number of anilines is 1. The summed E-state index contributed by atoms with van der Waals surface area (Å²) in [4.78, 5) is 35.3.